The highest BCUT2D eigenvalue weighted by Crippen LogP contribution is 2.43. The van der Waals surface area contributed by atoms with Crippen molar-refractivity contribution in [2.24, 2.45) is 0 Å². The Morgan fingerprint density at radius 2 is 1.89 bits per heavy atom. The number of benzene rings is 2. The van der Waals surface area contributed by atoms with Gasteiger partial charge in [-0.3, -0.25) is 9.69 Å². The molecule has 0 aliphatic carbocycles. The SMILES string of the molecule is Cc1ccc(N2CSC3=C(C#N)[C@H](c4ccc(Br)cc4)CC(=O)N3C2)cc1C. The highest BCUT2D eigenvalue weighted by molar-refractivity contribution is 9.10. The van der Waals surface area contributed by atoms with Crippen LogP contribution in [0.4, 0.5) is 5.69 Å². The van der Waals surface area contributed by atoms with Crippen LogP contribution in [0.15, 0.2) is 57.5 Å². The average molecular weight is 454 g/mol. The van der Waals surface area contributed by atoms with Crippen molar-refractivity contribution in [3.8, 4) is 6.07 Å². The van der Waals surface area contributed by atoms with Crippen molar-refractivity contribution in [1.29, 1.82) is 5.26 Å². The molecule has 2 aromatic rings. The number of thioether (sulfide) groups is 1. The molecule has 0 unspecified atom stereocenters. The molecule has 2 aliphatic rings. The summed E-state index contributed by atoms with van der Waals surface area (Å²) in [6.45, 7) is 4.69. The largest absolute Gasteiger partial charge is 0.344 e. The topological polar surface area (TPSA) is 47.3 Å². The van der Waals surface area contributed by atoms with Gasteiger partial charge in [-0.25, -0.2) is 0 Å². The lowest BCUT2D eigenvalue weighted by atomic mass is 9.86. The average Bonchev–Trinajstić information content (AvgIpc) is 2.70. The van der Waals surface area contributed by atoms with Crippen molar-refractivity contribution in [1.82, 2.24) is 4.90 Å². The quantitative estimate of drug-likeness (QED) is 0.619. The summed E-state index contributed by atoms with van der Waals surface area (Å²) in [5.41, 5.74) is 5.31. The summed E-state index contributed by atoms with van der Waals surface area (Å²) in [6.07, 6.45) is 0.329. The van der Waals surface area contributed by atoms with E-state index >= 15 is 0 Å². The first-order chi connectivity index (χ1) is 13.5. The van der Waals surface area contributed by atoms with E-state index in [2.05, 4.69) is 58.9 Å². The lowest BCUT2D eigenvalue weighted by Gasteiger charge is -2.42. The van der Waals surface area contributed by atoms with Crippen LogP contribution in [-0.2, 0) is 4.79 Å². The summed E-state index contributed by atoms with van der Waals surface area (Å²) >= 11 is 5.02. The van der Waals surface area contributed by atoms with Crippen LogP contribution in [0.25, 0.3) is 0 Å². The predicted molar refractivity (Wildman–Crippen MR) is 117 cm³/mol. The third-order valence-electron chi connectivity index (χ3n) is 5.42. The van der Waals surface area contributed by atoms with Crippen LogP contribution in [0, 0.1) is 25.2 Å². The number of rotatable bonds is 2. The minimum Gasteiger partial charge on any atom is -0.344 e. The van der Waals surface area contributed by atoms with Gasteiger partial charge in [0.25, 0.3) is 0 Å². The Morgan fingerprint density at radius 1 is 1.14 bits per heavy atom. The first-order valence-electron chi connectivity index (χ1n) is 9.13. The van der Waals surface area contributed by atoms with Crippen molar-refractivity contribution < 1.29 is 4.79 Å². The molecule has 1 amide bonds. The Kier molecular flexibility index (Phi) is 5.22. The maximum absolute atomic E-state index is 13.0. The number of carbonyl (C=O) groups is 1. The second kappa shape index (κ2) is 7.65. The Balaban J connectivity index is 1.65. The standard InChI is InChI=1S/C22H20BrN3OS/c1-14-3-8-18(9-15(14)2)25-12-26-21(27)10-19(16-4-6-17(23)7-5-16)20(11-24)22(26)28-13-25/h3-9,19H,10,12-13H2,1-2H3/t19-/m0/s1. The number of carbonyl (C=O) groups excluding carboxylic acids is 1. The van der Waals surface area contributed by atoms with Crippen molar-refractivity contribution in [2.45, 2.75) is 26.2 Å². The lowest BCUT2D eigenvalue weighted by molar-refractivity contribution is -0.129. The van der Waals surface area contributed by atoms with E-state index < -0.39 is 0 Å². The van der Waals surface area contributed by atoms with E-state index in [1.165, 1.54) is 11.1 Å². The number of aryl methyl sites for hydroxylation is 2. The van der Waals surface area contributed by atoms with E-state index in [1.54, 1.807) is 16.7 Å². The number of allylic oxidation sites excluding steroid dienone is 1. The fourth-order valence-corrected chi connectivity index (χ4v) is 5.06. The van der Waals surface area contributed by atoms with E-state index in [4.69, 9.17) is 0 Å². The maximum Gasteiger partial charge on any atom is 0.229 e. The molecule has 0 saturated carbocycles. The fourth-order valence-electron chi connectivity index (χ4n) is 3.63. The van der Waals surface area contributed by atoms with Crippen LogP contribution in [-0.4, -0.2) is 23.4 Å². The number of hydrogen-bond acceptors (Lipinski definition) is 4. The molecular formula is C22H20BrN3OS. The molecule has 2 aliphatic heterocycles. The highest BCUT2D eigenvalue weighted by atomic mass is 79.9. The van der Waals surface area contributed by atoms with Crippen LogP contribution in [0.5, 0.6) is 0 Å². The van der Waals surface area contributed by atoms with Gasteiger partial charge in [0.1, 0.15) is 0 Å². The number of halogens is 1. The highest BCUT2D eigenvalue weighted by Gasteiger charge is 2.38. The third kappa shape index (κ3) is 3.45. The van der Waals surface area contributed by atoms with Gasteiger partial charge in [-0.05, 0) is 54.8 Å². The van der Waals surface area contributed by atoms with Gasteiger partial charge in [0.15, 0.2) is 0 Å². The molecule has 0 bridgehead atoms. The summed E-state index contributed by atoms with van der Waals surface area (Å²) in [6, 6.07) is 16.7. The Labute approximate surface area is 178 Å². The molecule has 1 atom stereocenters. The van der Waals surface area contributed by atoms with Gasteiger partial charge >= 0.3 is 0 Å². The zero-order valence-electron chi connectivity index (χ0n) is 15.8. The number of hydrogen-bond donors (Lipinski definition) is 0. The van der Waals surface area contributed by atoms with Gasteiger partial charge in [0.2, 0.25) is 5.91 Å². The van der Waals surface area contributed by atoms with Crippen LogP contribution < -0.4 is 4.90 Å². The first-order valence-corrected chi connectivity index (χ1v) is 10.9. The predicted octanol–water partition coefficient (Wildman–Crippen LogP) is 5.29. The molecule has 6 heteroatoms. The van der Waals surface area contributed by atoms with Crippen molar-refractivity contribution in [2.75, 3.05) is 17.4 Å². The van der Waals surface area contributed by atoms with Crippen LogP contribution in [0.3, 0.4) is 0 Å². The van der Waals surface area contributed by atoms with Gasteiger partial charge in [-0.15, -0.1) is 0 Å². The van der Waals surface area contributed by atoms with Crippen LogP contribution in [0.1, 0.15) is 29.0 Å². The molecular weight excluding hydrogens is 434 g/mol. The molecule has 0 radical (unpaired) electrons. The summed E-state index contributed by atoms with van der Waals surface area (Å²) in [7, 11) is 0. The first kappa shape index (κ1) is 19.1. The molecule has 2 heterocycles. The second-order valence-corrected chi connectivity index (χ2v) is 9.03. The van der Waals surface area contributed by atoms with Crippen LogP contribution >= 0.6 is 27.7 Å². The number of amides is 1. The van der Waals surface area contributed by atoms with Crippen molar-refractivity contribution in [3.63, 3.8) is 0 Å². The molecule has 2 aromatic carbocycles. The fraction of sp³-hybridized carbons (Fsp3) is 0.273. The van der Waals surface area contributed by atoms with E-state index in [1.807, 2.05) is 24.3 Å². The monoisotopic (exact) mass is 453 g/mol. The van der Waals surface area contributed by atoms with Gasteiger partial charge in [0.05, 0.1) is 29.2 Å². The lowest BCUT2D eigenvalue weighted by Crippen LogP contribution is -2.47. The van der Waals surface area contributed by atoms with E-state index in [9.17, 15) is 10.1 Å². The minimum atomic E-state index is -0.169. The number of anilines is 1. The summed E-state index contributed by atoms with van der Waals surface area (Å²) in [4.78, 5) is 16.9. The van der Waals surface area contributed by atoms with Gasteiger partial charge in [-0.2, -0.15) is 5.26 Å². The Hall–Kier alpha value is -2.23. The van der Waals surface area contributed by atoms with Crippen LogP contribution in [0.2, 0.25) is 0 Å². The number of fused-ring (bicyclic) bond motifs is 1. The summed E-state index contributed by atoms with van der Waals surface area (Å²) < 4.78 is 0.988. The van der Waals surface area contributed by atoms with Crippen molar-refractivity contribution >= 4 is 39.3 Å². The van der Waals surface area contributed by atoms with Gasteiger partial charge in [-0.1, -0.05) is 45.9 Å². The number of nitriles is 1. The molecule has 4 rings (SSSR count). The molecule has 142 valence electrons. The summed E-state index contributed by atoms with van der Waals surface area (Å²) in [5.74, 6) is 0.625. The van der Waals surface area contributed by atoms with Gasteiger partial charge in [0, 0.05) is 22.5 Å². The smallest absolute Gasteiger partial charge is 0.229 e. The van der Waals surface area contributed by atoms with Gasteiger partial charge < -0.3 is 4.90 Å². The number of nitrogens with zero attached hydrogens (tertiary/aromatic N) is 3. The molecule has 28 heavy (non-hydrogen) atoms. The van der Waals surface area contributed by atoms with E-state index in [0.29, 0.717) is 18.7 Å². The zero-order chi connectivity index (χ0) is 19.8. The Morgan fingerprint density at radius 3 is 2.57 bits per heavy atom. The molecule has 4 nitrogen and oxygen atoms in total. The summed E-state index contributed by atoms with van der Waals surface area (Å²) in [5, 5.41) is 10.7. The minimum absolute atomic E-state index is 0.0722. The second-order valence-electron chi connectivity index (χ2n) is 7.18. The Bertz CT molecular complexity index is 1010. The third-order valence-corrected chi connectivity index (χ3v) is 7.10. The maximum atomic E-state index is 13.0. The zero-order valence-corrected chi connectivity index (χ0v) is 18.2. The normalized spacial score (nSPS) is 19.5. The van der Waals surface area contributed by atoms with Crippen molar-refractivity contribution in [3.05, 3.63) is 74.2 Å². The van der Waals surface area contributed by atoms with E-state index in [-0.39, 0.29) is 11.8 Å². The molecule has 0 N–H and O–H groups in total. The van der Waals surface area contributed by atoms with E-state index in [0.717, 1.165) is 26.6 Å². The molecule has 0 spiro atoms. The molecule has 1 saturated heterocycles. The molecule has 1 fully saturated rings. The molecule has 0 aromatic heterocycles.